The van der Waals surface area contributed by atoms with Gasteiger partial charge >= 0.3 is 5.97 Å². The smallest absolute Gasteiger partial charge is 0.325 e. The fourth-order valence-electron chi connectivity index (χ4n) is 2.41. The third-order valence-electron chi connectivity index (χ3n) is 3.58. The molecule has 20 heavy (non-hydrogen) atoms. The Morgan fingerprint density at radius 3 is 2.45 bits per heavy atom. The Bertz CT molecular complexity index is 530. The van der Waals surface area contributed by atoms with Gasteiger partial charge in [-0.15, -0.1) is 0 Å². The summed E-state index contributed by atoms with van der Waals surface area (Å²) >= 11 is 0. The molecular weight excluding hydrogens is 256 g/mol. The first-order valence-electron chi connectivity index (χ1n) is 6.58. The number of carbonyl (C=O) groups is 2. The summed E-state index contributed by atoms with van der Waals surface area (Å²) in [6.07, 6.45) is 4.45. The van der Waals surface area contributed by atoms with Crippen LogP contribution in [-0.4, -0.2) is 19.4 Å². The molecule has 0 amide bonds. The first-order chi connectivity index (χ1) is 9.59. The molecule has 0 saturated carbocycles. The van der Waals surface area contributed by atoms with Gasteiger partial charge < -0.3 is 14.3 Å². The fraction of sp³-hybridized carbons (Fsp3) is 0.375. The average molecular weight is 274 g/mol. The van der Waals surface area contributed by atoms with Crippen LogP contribution < -0.4 is 9.47 Å². The van der Waals surface area contributed by atoms with Gasteiger partial charge in [-0.1, -0.05) is 11.6 Å². The van der Waals surface area contributed by atoms with Gasteiger partial charge in [-0.25, -0.2) is 0 Å². The molecule has 0 aliphatic heterocycles. The zero-order valence-electron chi connectivity index (χ0n) is 11.7. The monoisotopic (exact) mass is 274 g/mol. The van der Waals surface area contributed by atoms with Crippen molar-refractivity contribution in [3.05, 3.63) is 35.9 Å². The molecule has 1 aromatic carbocycles. The number of ether oxygens (including phenoxy) is 2. The summed E-state index contributed by atoms with van der Waals surface area (Å²) in [6.45, 7) is 1.93. The van der Waals surface area contributed by atoms with Crippen LogP contribution in [0.3, 0.4) is 0 Å². The Morgan fingerprint density at radius 2 is 1.90 bits per heavy atom. The molecule has 0 aromatic heterocycles. The van der Waals surface area contributed by atoms with Gasteiger partial charge in [0, 0.05) is 0 Å². The van der Waals surface area contributed by atoms with Crippen molar-refractivity contribution in [2.24, 2.45) is 5.41 Å². The standard InChI is InChI=1S/C16H18O4/c1-12-4-3-9-16(10-12,11-17)15(18)20-14-7-5-13(19-2)6-8-14/h4-8,11H,3,9-10H2,1-2H3. The minimum atomic E-state index is -1.04. The van der Waals surface area contributed by atoms with Crippen molar-refractivity contribution in [1.29, 1.82) is 0 Å². The number of esters is 1. The van der Waals surface area contributed by atoms with Crippen molar-refractivity contribution in [3.8, 4) is 11.5 Å². The van der Waals surface area contributed by atoms with Gasteiger partial charge in [0.25, 0.3) is 0 Å². The van der Waals surface area contributed by atoms with Gasteiger partial charge in [0.2, 0.25) is 0 Å². The highest BCUT2D eigenvalue weighted by atomic mass is 16.5. The Kier molecular flexibility index (Phi) is 4.23. The quantitative estimate of drug-likeness (QED) is 0.278. The lowest BCUT2D eigenvalue weighted by molar-refractivity contribution is -0.149. The molecular formula is C16H18O4. The first kappa shape index (κ1) is 14.3. The predicted molar refractivity (Wildman–Crippen MR) is 74.7 cm³/mol. The van der Waals surface area contributed by atoms with Crippen molar-refractivity contribution in [2.75, 3.05) is 7.11 Å². The van der Waals surface area contributed by atoms with Crippen LogP contribution in [0.15, 0.2) is 35.9 Å². The number of carbonyl (C=O) groups excluding carboxylic acids is 2. The maximum Gasteiger partial charge on any atom is 0.325 e. The van der Waals surface area contributed by atoms with Crippen molar-refractivity contribution >= 4 is 12.3 Å². The summed E-state index contributed by atoms with van der Waals surface area (Å²) in [5.41, 5.74) is 0.00806. The number of hydrogen-bond donors (Lipinski definition) is 0. The summed E-state index contributed by atoms with van der Waals surface area (Å²) in [4.78, 5) is 23.7. The van der Waals surface area contributed by atoms with Crippen LogP contribution in [0.25, 0.3) is 0 Å². The molecule has 1 aliphatic carbocycles. The van der Waals surface area contributed by atoms with Gasteiger partial charge in [-0.05, 0) is 50.5 Å². The molecule has 1 unspecified atom stereocenters. The van der Waals surface area contributed by atoms with E-state index < -0.39 is 11.4 Å². The fourth-order valence-corrected chi connectivity index (χ4v) is 2.41. The average Bonchev–Trinajstić information content (AvgIpc) is 2.47. The van der Waals surface area contributed by atoms with E-state index in [9.17, 15) is 9.59 Å². The summed E-state index contributed by atoms with van der Waals surface area (Å²) in [7, 11) is 1.57. The van der Waals surface area contributed by atoms with E-state index in [1.807, 2.05) is 6.92 Å². The van der Waals surface area contributed by atoms with Crippen LogP contribution in [0.5, 0.6) is 11.5 Å². The zero-order valence-corrected chi connectivity index (χ0v) is 11.7. The largest absolute Gasteiger partial charge is 0.497 e. The summed E-state index contributed by atoms with van der Waals surface area (Å²) < 4.78 is 10.4. The lowest BCUT2D eigenvalue weighted by atomic mass is 9.75. The lowest BCUT2D eigenvalue weighted by Gasteiger charge is -2.28. The number of benzene rings is 1. The molecule has 1 atom stereocenters. The summed E-state index contributed by atoms with van der Waals surface area (Å²) in [5, 5.41) is 0. The van der Waals surface area contributed by atoms with Crippen LogP contribution in [-0.2, 0) is 9.59 Å². The Labute approximate surface area is 118 Å². The van der Waals surface area contributed by atoms with E-state index in [2.05, 4.69) is 6.08 Å². The van der Waals surface area contributed by atoms with Crippen molar-refractivity contribution < 1.29 is 19.1 Å². The highest BCUT2D eigenvalue weighted by Crippen LogP contribution is 2.36. The number of methoxy groups -OCH3 is 1. The van der Waals surface area contributed by atoms with Crippen LogP contribution in [0.2, 0.25) is 0 Å². The van der Waals surface area contributed by atoms with Crippen LogP contribution in [0.1, 0.15) is 26.2 Å². The number of hydrogen-bond acceptors (Lipinski definition) is 4. The molecule has 0 heterocycles. The van der Waals surface area contributed by atoms with Crippen LogP contribution in [0, 0.1) is 5.41 Å². The number of rotatable bonds is 4. The molecule has 4 nitrogen and oxygen atoms in total. The third-order valence-corrected chi connectivity index (χ3v) is 3.58. The van der Waals surface area contributed by atoms with E-state index in [1.54, 1.807) is 31.4 Å². The molecule has 4 heteroatoms. The molecule has 0 fully saturated rings. The minimum absolute atomic E-state index is 0.421. The van der Waals surface area contributed by atoms with Crippen molar-refractivity contribution in [3.63, 3.8) is 0 Å². The topological polar surface area (TPSA) is 52.6 Å². The first-order valence-corrected chi connectivity index (χ1v) is 6.58. The minimum Gasteiger partial charge on any atom is -0.497 e. The highest BCUT2D eigenvalue weighted by molar-refractivity contribution is 5.95. The molecule has 0 bridgehead atoms. The highest BCUT2D eigenvalue weighted by Gasteiger charge is 2.41. The molecule has 2 rings (SSSR count). The van der Waals surface area contributed by atoms with Crippen LogP contribution >= 0.6 is 0 Å². The Hall–Kier alpha value is -2.10. The number of aldehydes is 1. The molecule has 0 saturated heterocycles. The molecule has 0 spiro atoms. The second kappa shape index (κ2) is 5.90. The van der Waals surface area contributed by atoms with E-state index in [4.69, 9.17) is 9.47 Å². The maximum atomic E-state index is 12.3. The van der Waals surface area contributed by atoms with Gasteiger partial charge in [0.15, 0.2) is 0 Å². The van der Waals surface area contributed by atoms with E-state index in [0.29, 0.717) is 24.3 Å². The van der Waals surface area contributed by atoms with E-state index >= 15 is 0 Å². The van der Waals surface area contributed by atoms with Gasteiger partial charge in [-0.2, -0.15) is 0 Å². The lowest BCUT2D eigenvalue weighted by Crippen LogP contribution is -2.38. The third kappa shape index (κ3) is 2.90. The van der Waals surface area contributed by atoms with E-state index in [-0.39, 0.29) is 0 Å². The normalized spacial score (nSPS) is 21.8. The Balaban J connectivity index is 2.13. The van der Waals surface area contributed by atoms with Gasteiger partial charge in [-0.3, -0.25) is 4.79 Å². The zero-order chi connectivity index (χ0) is 14.6. The molecule has 1 aromatic rings. The SMILES string of the molecule is COc1ccc(OC(=O)C2(C=O)CCC=C(C)C2)cc1. The van der Waals surface area contributed by atoms with Crippen LogP contribution in [0.4, 0.5) is 0 Å². The van der Waals surface area contributed by atoms with E-state index in [0.717, 1.165) is 18.3 Å². The second-order valence-corrected chi connectivity index (χ2v) is 5.10. The summed E-state index contributed by atoms with van der Waals surface area (Å²) in [6, 6.07) is 6.73. The molecule has 106 valence electrons. The molecule has 0 N–H and O–H groups in total. The Morgan fingerprint density at radius 1 is 1.25 bits per heavy atom. The molecule has 0 radical (unpaired) electrons. The van der Waals surface area contributed by atoms with Gasteiger partial charge in [0.05, 0.1) is 7.11 Å². The second-order valence-electron chi connectivity index (χ2n) is 5.10. The van der Waals surface area contributed by atoms with E-state index in [1.165, 1.54) is 0 Å². The van der Waals surface area contributed by atoms with Crippen molar-refractivity contribution in [2.45, 2.75) is 26.2 Å². The predicted octanol–water partition coefficient (Wildman–Crippen LogP) is 2.92. The molecule has 1 aliphatic rings. The summed E-state index contributed by atoms with van der Waals surface area (Å²) in [5.74, 6) is 0.626. The number of allylic oxidation sites excluding steroid dienone is 2. The van der Waals surface area contributed by atoms with Gasteiger partial charge in [0.1, 0.15) is 23.2 Å². The maximum absolute atomic E-state index is 12.3. The van der Waals surface area contributed by atoms with Crippen molar-refractivity contribution in [1.82, 2.24) is 0 Å².